The maximum atomic E-state index is 11.7. The van der Waals surface area contributed by atoms with Crippen LogP contribution in [0, 0.1) is 11.8 Å². The number of allylic oxidation sites excluding steroid dienone is 2. The van der Waals surface area contributed by atoms with E-state index in [1.807, 2.05) is 19.9 Å². The van der Waals surface area contributed by atoms with Crippen molar-refractivity contribution in [3.8, 4) is 0 Å². The molecule has 0 bridgehead atoms. The predicted molar refractivity (Wildman–Crippen MR) is 69.9 cm³/mol. The average Bonchev–Trinajstić information content (AvgIpc) is 2.53. The summed E-state index contributed by atoms with van der Waals surface area (Å²) in [6, 6.07) is 0. The number of fused-ring (bicyclic) bond motifs is 1. The van der Waals surface area contributed by atoms with Crippen LogP contribution in [-0.4, -0.2) is 23.3 Å². The molecule has 0 aromatic carbocycles. The number of rotatable bonds is 0. The fourth-order valence-corrected chi connectivity index (χ4v) is 2.92. The minimum Gasteiger partial charge on any atom is -0.457 e. The third-order valence-electron chi connectivity index (χ3n) is 4.04. The molecule has 0 aromatic heterocycles. The summed E-state index contributed by atoms with van der Waals surface area (Å²) < 4.78 is 5.39. The number of aliphatic hydroxyl groups excluding tert-OH is 1. The first-order valence-electron chi connectivity index (χ1n) is 6.70. The minimum absolute atomic E-state index is 0.117. The van der Waals surface area contributed by atoms with Gasteiger partial charge in [-0.25, -0.2) is 0 Å². The third kappa shape index (κ3) is 2.66. The zero-order valence-corrected chi connectivity index (χ0v) is 11.3. The topological polar surface area (TPSA) is 46.5 Å². The first-order valence-corrected chi connectivity index (χ1v) is 6.70. The summed E-state index contributed by atoms with van der Waals surface area (Å²) in [5.41, 5.74) is 2.42. The van der Waals surface area contributed by atoms with E-state index in [2.05, 4.69) is 13.0 Å². The van der Waals surface area contributed by atoms with Gasteiger partial charge in [0.2, 0.25) is 0 Å². The maximum absolute atomic E-state index is 11.7. The summed E-state index contributed by atoms with van der Waals surface area (Å²) in [4.78, 5) is 11.7. The summed E-state index contributed by atoms with van der Waals surface area (Å²) in [5, 5.41) is 10.3. The van der Waals surface area contributed by atoms with Gasteiger partial charge in [-0.05, 0) is 39.2 Å². The lowest BCUT2D eigenvalue weighted by Crippen LogP contribution is -2.31. The van der Waals surface area contributed by atoms with Crippen molar-refractivity contribution in [2.45, 2.75) is 52.2 Å². The molecule has 4 atom stereocenters. The van der Waals surface area contributed by atoms with E-state index in [9.17, 15) is 9.90 Å². The van der Waals surface area contributed by atoms with Crippen molar-refractivity contribution >= 4 is 5.97 Å². The van der Waals surface area contributed by atoms with Crippen LogP contribution in [0.1, 0.15) is 40.0 Å². The lowest BCUT2D eigenvalue weighted by Gasteiger charge is -2.24. The Kier molecular flexibility index (Phi) is 3.91. The van der Waals surface area contributed by atoms with Crippen molar-refractivity contribution in [3.05, 3.63) is 23.3 Å². The average molecular weight is 250 g/mol. The van der Waals surface area contributed by atoms with Crippen LogP contribution in [0.4, 0.5) is 0 Å². The fourth-order valence-electron chi connectivity index (χ4n) is 2.92. The molecule has 1 aliphatic heterocycles. The first-order chi connectivity index (χ1) is 8.49. The van der Waals surface area contributed by atoms with Gasteiger partial charge in [0.25, 0.3) is 0 Å². The molecule has 1 saturated heterocycles. The van der Waals surface area contributed by atoms with Gasteiger partial charge in [0.1, 0.15) is 6.10 Å². The highest BCUT2D eigenvalue weighted by Gasteiger charge is 2.44. The fraction of sp³-hybridized carbons (Fsp3) is 0.667. The molecule has 0 saturated carbocycles. The Morgan fingerprint density at radius 1 is 1.33 bits per heavy atom. The standard InChI is InChI=1S/C15H22O3/c1-9-5-4-6-10(2)8-13-14(12(16)7-9)11(3)15(17)18-13/h5,8,11-14,16H,4,6-7H2,1-3H3/b9-5-,10-8+/t11-,12-,13-,14+/m0/s1. The van der Waals surface area contributed by atoms with Gasteiger partial charge in [-0.1, -0.05) is 24.1 Å². The quantitative estimate of drug-likeness (QED) is 0.531. The molecule has 100 valence electrons. The zero-order chi connectivity index (χ0) is 13.3. The number of carbonyl (C=O) groups excluding carboxylic acids is 1. The number of ether oxygens (including phenoxy) is 1. The van der Waals surface area contributed by atoms with Gasteiger partial charge >= 0.3 is 5.97 Å². The van der Waals surface area contributed by atoms with E-state index in [4.69, 9.17) is 4.74 Å². The van der Waals surface area contributed by atoms with Gasteiger partial charge in [-0.2, -0.15) is 0 Å². The Balaban J connectivity index is 2.30. The Morgan fingerprint density at radius 2 is 2.06 bits per heavy atom. The second-order valence-electron chi connectivity index (χ2n) is 5.64. The van der Waals surface area contributed by atoms with Gasteiger partial charge < -0.3 is 9.84 Å². The van der Waals surface area contributed by atoms with E-state index >= 15 is 0 Å². The monoisotopic (exact) mass is 250 g/mol. The van der Waals surface area contributed by atoms with Gasteiger partial charge in [0.15, 0.2) is 0 Å². The van der Waals surface area contributed by atoms with Crippen molar-refractivity contribution in [2.24, 2.45) is 11.8 Å². The molecular weight excluding hydrogens is 228 g/mol. The predicted octanol–water partition coefficient (Wildman–Crippen LogP) is 2.60. The van der Waals surface area contributed by atoms with Crippen LogP contribution in [0.2, 0.25) is 0 Å². The van der Waals surface area contributed by atoms with Gasteiger partial charge in [0.05, 0.1) is 12.0 Å². The molecule has 1 fully saturated rings. The molecule has 0 amide bonds. The summed E-state index contributed by atoms with van der Waals surface area (Å²) in [7, 11) is 0. The Morgan fingerprint density at radius 3 is 2.78 bits per heavy atom. The minimum atomic E-state index is -0.505. The summed E-state index contributed by atoms with van der Waals surface area (Å²) in [6.45, 7) is 5.95. The third-order valence-corrected chi connectivity index (χ3v) is 4.04. The van der Waals surface area contributed by atoms with E-state index in [0.29, 0.717) is 6.42 Å². The molecule has 0 unspecified atom stereocenters. The van der Waals surface area contributed by atoms with E-state index in [1.54, 1.807) is 0 Å². The Hall–Kier alpha value is -1.09. The van der Waals surface area contributed by atoms with Crippen molar-refractivity contribution in [1.82, 2.24) is 0 Å². The number of aliphatic hydroxyl groups is 1. The largest absolute Gasteiger partial charge is 0.457 e. The van der Waals surface area contributed by atoms with Crippen molar-refractivity contribution < 1.29 is 14.6 Å². The second-order valence-corrected chi connectivity index (χ2v) is 5.64. The summed E-state index contributed by atoms with van der Waals surface area (Å²) >= 11 is 0. The van der Waals surface area contributed by atoms with Crippen molar-refractivity contribution in [2.75, 3.05) is 0 Å². The van der Waals surface area contributed by atoms with Crippen LogP contribution in [-0.2, 0) is 9.53 Å². The second kappa shape index (κ2) is 5.27. The highest BCUT2D eigenvalue weighted by atomic mass is 16.6. The molecule has 3 nitrogen and oxygen atoms in total. The SMILES string of the molecule is C/C1=C/CC/C(C)=C/[C@@H]2OC(=O)[C@@H](C)[C@@H]2[C@@H](O)C1. The zero-order valence-electron chi connectivity index (χ0n) is 11.3. The van der Waals surface area contributed by atoms with Crippen LogP contribution in [0.3, 0.4) is 0 Å². The van der Waals surface area contributed by atoms with Crippen LogP contribution >= 0.6 is 0 Å². The maximum Gasteiger partial charge on any atom is 0.309 e. The summed E-state index contributed by atoms with van der Waals surface area (Å²) in [5.74, 6) is -0.524. The summed E-state index contributed by atoms with van der Waals surface area (Å²) in [6.07, 6.45) is 6.05. The molecule has 1 N–H and O–H groups in total. The number of carbonyl (C=O) groups is 1. The number of esters is 1. The Labute approximate surface area is 109 Å². The van der Waals surface area contributed by atoms with E-state index in [1.165, 1.54) is 11.1 Å². The van der Waals surface area contributed by atoms with E-state index < -0.39 is 6.10 Å². The highest BCUT2D eigenvalue weighted by Crippen LogP contribution is 2.35. The molecule has 0 aromatic rings. The van der Waals surface area contributed by atoms with E-state index in [-0.39, 0.29) is 23.9 Å². The van der Waals surface area contributed by atoms with E-state index in [0.717, 1.165) is 12.8 Å². The number of hydrogen-bond acceptors (Lipinski definition) is 3. The Bertz CT molecular complexity index is 395. The van der Waals surface area contributed by atoms with Crippen LogP contribution in [0.5, 0.6) is 0 Å². The normalized spacial score (nSPS) is 43.2. The lowest BCUT2D eigenvalue weighted by atomic mass is 9.82. The van der Waals surface area contributed by atoms with Crippen LogP contribution in [0.25, 0.3) is 0 Å². The molecule has 18 heavy (non-hydrogen) atoms. The molecule has 0 radical (unpaired) electrons. The molecule has 1 heterocycles. The van der Waals surface area contributed by atoms with Crippen molar-refractivity contribution in [3.63, 3.8) is 0 Å². The smallest absolute Gasteiger partial charge is 0.309 e. The highest BCUT2D eigenvalue weighted by molar-refractivity contribution is 5.75. The van der Waals surface area contributed by atoms with Crippen LogP contribution in [0.15, 0.2) is 23.3 Å². The van der Waals surface area contributed by atoms with Crippen molar-refractivity contribution in [1.29, 1.82) is 0 Å². The number of hydrogen-bond donors (Lipinski definition) is 1. The van der Waals surface area contributed by atoms with Gasteiger partial charge in [-0.3, -0.25) is 4.79 Å². The van der Waals surface area contributed by atoms with Gasteiger partial charge in [-0.15, -0.1) is 0 Å². The molecule has 3 heteroatoms. The molecule has 1 aliphatic carbocycles. The lowest BCUT2D eigenvalue weighted by molar-refractivity contribution is -0.142. The molecular formula is C15H22O3. The molecule has 2 rings (SSSR count). The molecule has 0 spiro atoms. The van der Waals surface area contributed by atoms with Gasteiger partial charge in [0, 0.05) is 5.92 Å². The molecule has 2 aliphatic rings. The van der Waals surface area contributed by atoms with Crippen LogP contribution < -0.4 is 0 Å². The first kappa shape index (κ1) is 13.3.